The molecule has 1 aromatic heterocycles. The number of rotatable bonds is 6. The molecule has 2 aromatic rings. The number of amides is 1. The second-order valence-electron chi connectivity index (χ2n) is 5.19. The molecule has 1 amide bonds. The average Bonchev–Trinajstić information content (AvgIpc) is 2.59. The van der Waals surface area contributed by atoms with Gasteiger partial charge in [0.05, 0.1) is 22.3 Å². The number of hydrogen-bond acceptors (Lipinski definition) is 5. The van der Waals surface area contributed by atoms with E-state index >= 15 is 0 Å². The maximum Gasteiger partial charge on any atom is 0.323 e. The van der Waals surface area contributed by atoms with Crippen LogP contribution in [0.4, 0.5) is 5.69 Å². The zero-order chi connectivity index (χ0) is 18.4. The largest absolute Gasteiger partial charge is 0.465 e. The molecular weight excluding hydrogens is 401 g/mol. The third-order valence-electron chi connectivity index (χ3n) is 3.35. The van der Waals surface area contributed by atoms with Gasteiger partial charge in [0.2, 0.25) is 0 Å². The Hall–Kier alpha value is -1.86. The highest BCUT2D eigenvalue weighted by Crippen LogP contribution is 2.29. The van der Waals surface area contributed by atoms with Crippen molar-refractivity contribution in [3.8, 4) is 0 Å². The maximum atomic E-state index is 12.3. The van der Waals surface area contributed by atoms with Crippen LogP contribution in [0.3, 0.4) is 0 Å². The third-order valence-corrected chi connectivity index (χ3v) is 3.93. The van der Waals surface area contributed by atoms with Crippen LogP contribution in [-0.2, 0) is 16.0 Å². The number of aromatic nitrogens is 1. The summed E-state index contributed by atoms with van der Waals surface area (Å²) in [7, 11) is 0. The molecule has 1 heterocycles. The van der Waals surface area contributed by atoms with Crippen LogP contribution in [0.15, 0.2) is 36.7 Å². The van der Waals surface area contributed by atoms with Crippen molar-refractivity contribution in [3.63, 3.8) is 0 Å². The highest BCUT2D eigenvalue weighted by molar-refractivity contribution is 6.39. The Bertz CT molecular complexity index is 749. The number of nitrogens with two attached hydrogens (primary N) is 1. The van der Waals surface area contributed by atoms with Crippen molar-refractivity contribution in [2.24, 2.45) is 5.73 Å². The lowest BCUT2D eigenvalue weighted by Crippen LogP contribution is -2.34. The van der Waals surface area contributed by atoms with Crippen LogP contribution < -0.4 is 11.1 Å². The van der Waals surface area contributed by atoms with Gasteiger partial charge in [-0.25, -0.2) is 0 Å². The van der Waals surface area contributed by atoms with Gasteiger partial charge in [0.25, 0.3) is 5.91 Å². The van der Waals surface area contributed by atoms with Crippen molar-refractivity contribution in [2.75, 3.05) is 11.9 Å². The first-order valence-electron chi connectivity index (χ1n) is 7.54. The lowest BCUT2D eigenvalue weighted by Gasteiger charge is -2.11. The van der Waals surface area contributed by atoms with Crippen molar-refractivity contribution in [1.29, 1.82) is 0 Å². The fourth-order valence-corrected chi connectivity index (χ4v) is 2.55. The summed E-state index contributed by atoms with van der Waals surface area (Å²) in [4.78, 5) is 27.7. The fourth-order valence-electron chi connectivity index (χ4n) is 2.10. The summed E-state index contributed by atoms with van der Waals surface area (Å²) >= 11 is 12.0. The molecule has 2 rings (SSSR count). The van der Waals surface area contributed by atoms with Crippen molar-refractivity contribution >= 4 is 53.2 Å². The topological polar surface area (TPSA) is 94.3 Å². The molecule has 26 heavy (non-hydrogen) atoms. The summed E-state index contributed by atoms with van der Waals surface area (Å²) in [5, 5.41) is 3.14. The summed E-state index contributed by atoms with van der Waals surface area (Å²) in [6.07, 6.45) is 3.11. The van der Waals surface area contributed by atoms with Crippen molar-refractivity contribution < 1.29 is 14.3 Å². The molecule has 0 saturated carbocycles. The van der Waals surface area contributed by atoms with E-state index in [9.17, 15) is 9.59 Å². The number of anilines is 1. The molecule has 0 aliphatic rings. The van der Waals surface area contributed by atoms with Crippen LogP contribution in [0.5, 0.6) is 0 Å². The smallest absolute Gasteiger partial charge is 0.323 e. The third kappa shape index (κ3) is 5.85. The number of nitrogens with one attached hydrogen (secondary N) is 1. The average molecular weight is 419 g/mol. The molecule has 1 atom stereocenters. The minimum Gasteiger partial charge on any atom is -0.465 e. The second kappa shape index (κ2) is 10.3. The second-order valence-corrected chi connectivity index (χ2v) is 6.01. The summed E-state index contributed by atoms with van der Waals surface area (Å²) in [6, 6.07) is 5.97. The van der Waals surface area contributed by atoms with Crippen molar-refractivity contribution in [2.45, 2.75) is 19.4 Å². The van der Waals surface area contributed by atoms with Crippen LogP contribution in [0.1, 0.15) is 22.8 Å². The van der Waals surface area contributed by atoms with E-state index in [1.54, 1.807) is 31.2 Å². The zero-order valence-electron chi connectivity index (χ0n) is 13.9. The van der Waals surface area contributed by atoms with Gasteiger partial charge in [0.1, 0.15) is 6.04 Å². The Morgan fingerprint density at radius 1 is 1.19 bits per heavy atom. The normalized spacial score (nSPS) is 11.2. The van der Waals surface area contributed by atoms with Gasteiger partial charge in [0.15, 0.2) is 0 Å². The van der Waals surface area contributed by atoms with Crippen molar-refractivity contribution in [3.05, 3.63) is 57.8 Å². The fraction of sp³-hybridized carbons (Fsp3) is 0.235. The number of pyridine rings is 1. The monoisotopic (exact) mass is 417 g/mol. The lowest BCUT2D eigenvalue weighted by atomic mass is 10.0. The molecule has 0 aliphatic carbocycles. The van der Waals surface area contributed by atoms with E-state index < -0.39 is 12.0 Å². The number of benzene rings is 1. The SMILES string of the molecule is CCOC(=O)[C@@H](N)Cc1ccc(C(=O)Nc2c(Cl)cncc2Cl)cc1.Cl. The van der Waals surface area contributed by atoms with Crippen molar-refractivity contribution in [1.82, 2.24) is 4.98 Å². The predicted molar refractivity (Wildman–Crippen MR) is 104 cm³/mol. The van der Waals surface area contributed by atoms with Gasteiger partial charge in [-0.05, 0) is 31.0 Å². The number of ether oxygens (including phenoxy) is 1. The van der Waals surface area contributed by atoms with E-state index in [4.69, 9.17) is 33.7 Å². The molecule has 0 fully saturated rings. The molecule has 1 aromatic carbocycles. The highest BCUT2D eigenvalue weighted by Gasteiger charge is 2.16. The van der Waals surface area contributed by atoms with E-state index in [1.807, 2.05) is 0 Å². The van der Waals surface area contributed by atoms with E-state index in [2.05, 4.69) is 10.3 Å². The summed E-state index contributed by atoms with van der Waals surface area (Å²) in [5.74, 6) is -0.817. The Balaban J connectivity index is 0.00000338. The molecular formula is C17H18Cl3N3O3. The maximum absolute atomic E-state index is 12.3. The number of halogens is 3. The number of carbonyl (C=O) groups excluding carboxylic acids is 2. The predicted octanol–water partition coefficient (Wildman–Crippen LogP) is 3.50. The minimum atomic E-state index is -0.742. The Kier molecular flexibility index (Phi) is 8.81. The van der Waals surface area contributed by atoms with Crippen LogP contribution in [0, 0.1) is 0 Å². The van der Waals surface area contributed by atoms with Crippen LogP contribution >= 0.6 is 35.6 Å². The standard InChI is InChI=1S/C17H17Cl2N3O3.ClH/c1-2-25-17(24)14(20)7-10-3-5-11(6-4-10)16(23)22-15-12(18)8-21-9-13(15)19;/h3-6,8-9,14H,2,7,20H2,1H3,(H,21,22,23);1H/t14-;/m0./s1. The Labute approximate surface area is 167 Å². The van der Waals surface area contributed by atoms with E-state index in [0.717, 1.165) is 5.56 Å². The number of carbonyl (C=O) groups is 2. The minimum absolute atomic E-state index is 0. The van der Waals surface area contributed by atoms with Gasteiger partial charge in [-0.3, -0.25) is 14.6 Å². The first-order valence-corrected chi connectivity index (χ1v) is 8.29. The molecule has 6 nitrogen and oxygen atoms in total. The first kappa shape index (κ1) is 22.2. The molecule has 0 spiro atoms. The van der Waals surface area contributed by atoms with Gasteiger partial charge in [-0.1, -0.05) is 35.3 Å². The molecule has 0 radical (unpaired) electrons. The lowest BCUT2D eigenvalue weighted by molar-refractivity contribution is -0.144. The van der Waals surface area contributed by atoms with E-state index in [-0.39, 0.29) is 35.0 Å². The molecule has 0 saturated heterocycles. The quantitative estimate of drug-likeness (QED) is 0.700. The van der Waals surface area contributed by atoms with Gasteiger partial charge in [-0.2, -0.15) is 0 Å². The molecule has 0 unspecified atom stereocenters. The Morgan fingerprint density at radius 2 is 1.77 bits per heavy atom. The first-order chi connectivity index (χ1) is 11.9. The molecule has 3 N–H and O–H groups in total. The summed E-state index contributed by atoms with van der Waals surface area (Å²) in [5.41, 5.74) is 7.31. The van der Waals surface area contributed by atoms with Crippen LogP contribution in [-0.4, -0.2) is 29.5 Å². The number of nitrogens with zero attached hydrogens (tertiary/aromatic N) is 1. The molecule has 140 valence electrons. The van der Waals surface area contributed by atoms with Crippen LogP contribution in [0.25, 0.3) is 0 Å². The highest BCUT2D eigenvalue weighted by atomic mass is 35.5. The summed E-state index contributed by atoms with van der Waals surface area (Å²) in [6.45, 7) is 2.01. The summed E-state index contributed by atoms with van der Waals surface area (Å²) < 4.78 is 4.87. The molecule has 0 aliphatic heterocycles. The molecule has 9 heteroatoms. The number of esters is 1. The van der Waals surface area contributed by atoms with Gasteiger partial charge >= 0.3 is 5.97 Å². The number of hydrogen-bond donors (Lipinski definition) is 2. The Morgan fingerprint density at radius 3 is 2.31 bits per heavy atom. The van der Waals surface area contributed by atoms with Crippen LogP contribution in [0.2, 0.25) is 10.0 Å². The van der Waals surface area contributed by atoms with Gasteiger partial charge in [0, 0.05) is 18.0 Å². The van der Waals surface area contributed by atoms with E-state index in [0.29, 0.717) is 17.7 Å². The zero-order valence-corrected chi connectivity index (χ0v) is 16.2. The van der Waals surface area contributed by atoms with Gasteiger partial charge < -0.3 is 15.8 Å². The molecule has 0 bridgehead atoms. The van der Waals surface area contributed by atoms with E-state index in [1.165, 1.54) is 12.4 Å². The van der Waals surface area contributed by atoms with Gasteiger partial charge in [-0.15, -0.1) is 12.4 Å².